The molecule has 1 aromatic carbocycles. The number of nitrogens with two attached hydrogens (primary N) is 1. The summed E-state index contributed by atoms with van der Waals surface area (Å²) in [7, 11) is 0. The van der Waals surface area contributed by atoms with E-state index in [9.17, 15) is 9.59 Å². The zero-order valence-corrected chi connectivity index (χ0v) is 8.99. The smallest absolute Gasteiger partial charge is 0.233 e. The van der Waals surface area contributed by atoms with Crippen molar-refractivity contribution in [2.75, 3.05) is 0 Å². The second kappa shape index (κ2) is 7.70. The molecule has 1 amide bonds. The summed E-state index contributed by atoms with van der Waals surface area (Å²) in [6.45, 7) is 3.73. The van der Waals surface area contributed by atoms with Crippen LogP contribution in [0.15, 0.2) is 24.3 Å². The van der Waals surface area contributed by atoms with Gasteiger partial charge in [-0.15, -0.1) is 0 Å². The van der Waals surface area contributed by atoms with Gasteiger partial charge in [0.1, 0.15) is 6.29 Å². The third kappa shape index (κ3) is 6.40. The van der Waals surface area contributed by atoms with E-state index in [1.807, 2.05) is 36.6 Å². The lowest BCUT2D eigenvalue weighted by atomic mass is 10.2. The molecule has 0 saturated carbocycles. The van der Waals surface area contributed by atoms with E-state index in [0.29, 0.717) is 6.42 Å². The van der Waals surface area contributed by atoms with Gasteiger partial charge in [0.25, 0.3) is 0 Å². The van der Waals surface area contributed by atoms with Crippen LogP contribution in [-0.2, 0) is 4.79 Å². The lowest BCUT2D eigenvalue weighted by Crippen LogP contribution is -2.28. The molecule has 0 aliphatic rings. The molecule has 0 radical (unpaired) electrons. The largest absolute Gasteiger partial charge is 0.298 e. The number of nitrogens with one attached hydrogen (secondary N) is 1. The summed E-state index contributed by atoms with van der Waals surface area (Å²) in [5.41, 5.74) is 3.89. The highest BCUT2D eigenvalue weighted by molar-refractivity contribution is 5.74. The maximum atomic E-state index is 10.1. The Hall–Kier alpha value is -1.68. The number of hydrazine groups is 1. The van der Waals surface area contributed by atoms with E-state index in [2.05, 4.69) is 5.84 Å². The van der Waals surface area contributed by atoms with Crippen LogP contribution in [0.5, 0.6) is 0 Å². The van der Waals surface area contributed by atoms with Crippen LogP contribution in [0.1, 0.15) is 29.3 Å². The minimum absolute atomic E-state index is 0.130. The Labute approximate surface area is 89.4 Å². The van der Waals surface area contributed by atoms with Crippen molar-refractivity contribution in [3.63, 3.8) is 0 Å². The van der Waals surface area contributed by atoms with Crippen molar-refractivity contribution in [3.05, 3.63) is 35.4 Å². The minimum Gasteiger partial charge on any atom is -0.298 e. The van der Waals surface area contributed by atoms with Gasteiger partial charge in [-0.3, -0.25) is 15.0 Å². The number of aryl methyl sites for hydroxylation is 1. The van der Waals surface area contributed by atoms with Crippen molar-refractivity contribution < 1.29 is 9.59 Å². The molecule has 0 aliphatic carbocycles. The van der Waals surface area contributed by atoms with Crippen LogP contribution in [0.25, 0.3) is 0 Å². The second-order valence-corrected chi connectivity index (χ2v) is 2.95. The lowest BCUT2D eigenvalue weighted by Gasteiger charge is -1.89. The van der Waals surface area contributed by atoms with Gasteiger partial charge in [-0.05, 0) is 6.92 Å². The van der Waals surface area contributed by atoms with Crippen molar-refractivity contribution in [3.8, 4) is 0 Å². The van der Waals surface area contributed by atoms with Gasteiger partial charge < -0.3 is 0 Å². The molecular weight excluding hydrogens is 192 g/mol. The van der Waals surface area contributed by atoms with Crippen molar-refractivity contribution in [2.24, 2.45) is 5.84 Å². The van der Waals surface area contributed by atoms with Gasteiger partial charge in [0.05, 0.1) is 0 Å². The fourth-order valence-corrected chi connectivity index (χ4v) is 0.747. The molecule has 4 heteroatoms. The number of rotatable bonds is 2. The number of hydrogen-bond donors (Lipinski definition) is 2. The first-order chi connectivity index (χ1) is 7.13. The molecule has 1 aromatic rings. The highest BCUT2D eigenvalue weighted by atomic mass is 16.2. The van der Waals surface area contributed by atoms with E-state index < -0.39 is 0 Å². The van der Waals surface area contributed by atoms with E-state index in [4.69, 9.17) is 0 Å². The Morgan fingerprint density at radius 3 is 2.20 bits per heavy atom. The average Bonchev–Trinajstić information content (AvgIpc) is 2.30. The Bertz CT molecular complexity index is 301. The minimum atomic E-state index is -0.130. The third-order valence-corrected chi connectivity index (χ3v) is 1.70. The molecule has 15 heavy (non-hydrogen) atoms. The Kier molecular flexibility index (Phi) is 6.84. The summed E-state index contributed by atoms with van der Waals surface area (Å²) in [6, 6.07) is 7.46. The van der Waals surface area contributed by atoms with Gasteiger partial charge >= 0.3 is 0 Å². The van der Waals surface area contributed by atoms with Crippen LogP contribution in [0, 0.1) is 6.92 Å². The first-order valence-electron chi connectivity index (χ1n) is 4.65. The summed E-state index contributed by atoms with van der Waals surface area (Å²) >= 11 is 0. The van der Waals surface area contributed by atoms with Gasteiger partial charge in [-0.2, -0.15) is 0 Å². The molecule has 0 fully saturated rings. The molecule has 0 bridgehead atoms. The van der Waals surface area contributed by atoms with E-state index in [1.165, 1.54) is 5.56 Å². The summed E-state index contributed by atoms with van der Waals surface area (Å²) in [5.74, 6) is 4.55. The normalized spacial score (nSPS) is 8.47. The predicted octanol–water partition coefficient (Wildman–Crippen LogP) is 1.19. The monoisotopic (exact) mass is 208 g/mol. The SMILES string of the molecule is CCC(=O)NN.Cc1ccc(C=O)cc1. The van der Waals surface area contributed by atoms with Crippen molar-refractivity contribution in [2.45, 2.75) is 20.3 Å². The van der Waals surface area contributed by atoms with Crippen LogP contribution in [0.2, 0.25) is 0 Å². The van der Waals surface area contributed by atoms with Crippen molar-refractivity contribution in [1.29, 1.82) is 0 Å². The molecule has 0 atom stereocenters. The fourth-order valence-electron chi connectivity index (χ4n) is 0.747. The molecule has 0 aliphatic heterocycles. The molecule has 0 spiro atoms. The number of hydrogen-bond acceptors (Lipinski definition) is 3. The van der Waals surface area contributed by atoms with Crippen molar-refractivity contribution >= 4 is 12.2 Å². The summed E-state index contributed by atoms with van der Waals surface area (Å²) in [5, 5.41) is 0. The van der Waals surface area contributed by atoms with Gasteiger partial charge in [-0.25, -0.2) is 5.84 Å². The fraction of sp³-hybridized carbons (Fsp3) is 0.273. The van der Waals surface area contributed by atoms with Crippen LogP contribution >= 0.6 is 0 Å². The van der Waals surface area contributed by atoms with Gasteiger partial charge in [0.15, 0.2) is 0 Å². The number of carbonyl (C=O) groups is 2. The molecular formula is C11H16N2O2. The zero-order chi connectivity index (χ0) is 11.7. The van der Waals surface area contributed by atoms with Gasteiger partial charge in [0.2, 0.25) is 5.91 Å². The summed E-state index contributed by atoms with van der Waals surface area (Å²) < 4.78 is 0. The van der Waals surface area contributed by atoms with Crippen LogP contribution in [0.3, 0.4) is 0 Å². The first-order valence-corrected chi connectivity index (χ1v) is 4.65. The first kappa shape index (κ1) is 13.3. The van der Waals surface area contributed by atoms with Crippen molar-refractivity contribution in [1.82, 2.24) is 5.43 Å². The summed E-state index contributed by atoms with van der Waals surface area (Å²) in [6.07, 6.45) is 1.30. The zero-order valence-electron chi connectivity index (χ0n) is 8.99. The van der Waals surface area contributed by atoms with Gasteiger partial charge in [-0.1, -0.05) is 36.8 Å². The Morgan fingerprint density at radius 2 is 1.93 bits per heavy atom. The highest BCUT2D eigenvalue weighted by Crippen LogP contribution is 1.98. The molecule has 3 N–H and O–H groups in total. The Morgan fingerprint density at radius 1 is 1.40 bits per heavy atom. The summed E-state index contributed by atoms with van der Waals surface area (Å²) in [4.78, 5) is 20.1. The molecule has 1 rings (SSSR count). The van der Waals surface area contributed by atoms with E-state index in [0.717, 1.165) is 11.8 Å². The van der Waals surface area contributed by atoms with Crippen LogP contribution in [-0.4, -0.2) is 12.2 Å². The quantitative estimate of drug-likeness (QED) is 0.332. The lowest BCUT2D eigenvalue weighted by molar-refractivity contribution is -0.120. The van der Waals surface area contributed by atoms with E-state index in [1.54, 1.807) is 6.92 Å². The number of amides is 1. The van der Waals surface area contributed by atoms with E-state index >= 15 is 0 Å². The predicted molar refractivity (Wildman–Crippen MR) is 59.2 cm³/mol. The third-order valence-electron chi connectivity index (χ3n) is 1.70. The standard InChI is InChI=1S/C8H8O.C3H8N2O/c1-7-2-4-8(6-9)5-3-7;1-2-3(6)5-4/h2-6H,1H3;2,4H2,1H3,(H,5,6). The van der Waals surface area contributed by atoms with Crippen LogP contribution < -0.4 is 11.3 Å². The van der Waals surface area contributed by atoms with E-state index in [-0.39, 0.29) is 5.91 Å². The maximum absolute atomic E-state index is 10.1. The molecule has 0 saturated heterocycles. The molecule has 4 nitrogen and oxygen atoms in total. The number of carbonyl (C=O) groups excluding carboxylic acids is 2. The highest BCUT2D eigenvalue weighted by Gasteiger charge is 1.85. The molecule has 0 unspecified atom stereocenters. The van der Waals surface area contributed by atoms with Gasteiger partial charge in [0, 0.05) is 12.0 Å². The maximum Gasteiger partial charge on any atom is 0.233 e. The average molecular weight is 208 g/mol. The molecule has 82 valence electrons. The number of benzene rings is 1. The molecule has 0 aromatic heterocycles. The second-order valence-electron chi connectivity index (χ2n) is 2.95. The topological polar surface area (TPSA) is 72.2 Å². The molecule has 0 heterocycles. The Balaban J connectivity index is 0.000000288. The number of aldehydes is 1. The van der Waals surface area contributed by atoms with Crippen LogP contribution in [0.4, 0.5) is 0 Å².